The van der Waals surface area contributed by atoms with Crippen molar-refractivity contribution >= 4 is 40.8 Å². The number of H-pyrrole nitrogens is 1. The summed E-state index contributed by atoms with van der Waals surface area (Å²) in [6.07, 6.45) is 9.96. The Morgan fingerprint density at radius 2 is 1.52 bits per heavy atom. The van der Waals surface area contributed by atoms with Crippen molar-refractivity contribution in [2.75, 3.05) is 70.0 Å². The van der Waals surface area contributed by atoms with Crippen molar-refractivity contribution in [1.82, 2.24) is 36.1 Å². The lowest BCUT2D eigenvalue weighted by Gasteiger charge is -2.37. The lowest BCUT2D eigenvalue weighted by molar-refractivity contribution is -0.137. The van der Waals surface area contributed by atoms with Crippen molar-refractivity contribution in [3.8, 4) is 17.1 Å². The van der Waals surface area contributed by atoms with Crippen LogP contribution in [-0.2, 0) is 47.1 Å². The molecule has 18 heteroatoms. The van der Waals surface area contributed by atoms with Crippen molar-refractivity contribution in [2.24, 2.45) is 11.8 Å². The number of piperidine rings is 2. The van der Waals surface area contributed by atoms with E-state index in [4.69, 9.17) is 23.9 Å². The van der Waals surface area contributed by atoms with E-state index in [1.54, 1.807) is 30.6 Å². The first kappa shape index (κ1) is 50.5. The number of ether oxygens (including phenoxy) is 4. The summed E-state index contributed by atoms with van der Waals surface area (Å²) < 4.78 is 23.0. The number of benzene rings is 3. The molecule has 2 saturated heterocycles. The number of nitrogens with one attached hydrogen (secondary N) is 6. The highest BCUT2D eigenvalue weighted by molar-refractivity contribution is 6.08. The van der Waals surface area contributed by atoms with Crippen LogP contribution in [0.4, 0.5) is 11.4 Å². The Bertz CT molecular complexity index is 2600. The number of amides is 4. The molecule has 2 aromatic heterocycles. The van der Waals surface area contributed by atoms with E-state index in [1.807, 2.05) is 60.7 Å². The number of carbonyl (C=O) groups excluding carboxylic acids is 5. The zero-order valence-corrected chi connectivity index (χ0v) is 40.0. The van der Waals surface area contributed by atoms with Crippen molar-refractivity contribution < 1.29 is 42.9 Å². The highest BCUT2D eigenvalue weighted by Gasteiger charge is 2.43. The molecule has 2 unspecified atom stereocenters. The quantitative estimate of drug-likeness (QED) is 0.0279. The van der Waals surface area contributed by atoms with E-state index in [-0.39, 0.29) is 43.0 Å². The van der Waals surface area contributed by atoms with Crippen molar-refractivity contribution in [2.45, 2.75) is 76.3 Å². The predicted molar refractivity (Wildman–Crippen MR) is 265 cm³/mol. The maximum absolute atomic E-state index is 13.4. The Labute approximate surface area is 413 Å². The smallest absolute Gasteiger partial charge is 0.251 e. The van der Waals surface area contributed by atoms with Crippen LogP contribution < -0.4 is 31.3 Å². The Morgan fingerprint density at radius 1 is 0.775 bits per heavy atom. The van der Waals surface area contributed by atoms with Crippen molar-refractivity contribution in [1.29, 1.82) is 0 Å². The molecule has 3 aromatic carbocycles. The average molecular weight is 970 g/mol. The lowest BCUT2D eigenvalue weighted by Crippen LogP contribution is -2.46. The first-order valence-electron chi connectivity index (χ1n) is 24.7. The zero-order valence-electron chi connectivity index (χ0n) is 40.0. The topological polar surface area (TPSA) is 237 Å². The molecular weight excluding hydrogens is 907 g/mol. The van der Waals surface area contributed by atoms with Crippen LogP contribution in [0.1, 0.15) is 95.5 Å². The van der Waals surface area contributed by atoms with Gasteiger partial charge in [0.2, 0.25) is 17.7 Å². The summed E-state index contributed by atoms with van der Waals surface area (Å²) in [6.45, 7) is 5.11. The van der Waals surface area contributed by atoms with Crippen LogP contribution in [0, 0.1) is 11.8 Å². The number of Topliss-reactive ketones (excluding diaryl/α,β-unsaturated/α-hetero) is 1. The molecule has 5 aromatic rings. The van der Waals surface area contributed by atoms with Gasteiger partial charge >= 0.3 is 0 Å². The monoisotopic (exact) mass is 969 g/mol. The predicted octanol–water partition coefficient (Wildman–Crippen LogP) is 5.91. The standard InChI is InChI=1S/C53H63N9O9/c63-46-15-14-42(51(67)58-46)44-34-43-41(48(44)65)12-7-13-45(43)57-47(64)18-27-69-29-31-70-30-28-68-25-3-1-2-4-26-71-40-11-5-8-36(32-40)35-56-50(66)38-9-6-10-39(33-38)60-53(19-23-55-24-20-53)52-59-49(61-62-52)37-16-21-54-22-17-37/h5-13,16-17,21-22,32-33,42,44,55,60H,1-4,14-15,18-20,23-31,34-35H2,(H,56,66)(H,57,64)(H,58,63,67)(H,59,61,62). The van der Waals surface area contributed by atoms with Gasteiger partial charge in [0.1, 0.15) is 5.75 Å². The second kappa shape index (κ2) is 25.3. The molecule has 8 rings (SSSR count). The molecule has 2 fully saturated rings. The van der Waals surface area contributed by atoms with Crippen LogP contribution in [-0.4, -0.2) is 109 Å². The number of carbonyl (C=O) groups is 5. The van der Waals surface area contributed by atoms with Crippen LogP contribution in [0.5, 0.6) is 5.75 Å². The lowest BCUT2D eigenvalue weighted by atomic mass is 9.83. The molecule has 1 aliphatic carbocycles. The molecule has 2 atom stereocenters. The number of anilines is 2. The van der Waals surface area contributed by atoms with Crippen LogP contribution in [0.2, 0.25) is 0 Å². The number of unbranched alkanes of at least 4 members (excludes halogenated alkanes) is 3. The summed E-state index contributed by atoms with van der Waals surface area (Å²) in [7, 11) is 0. The minimum Gasteiger partial charge on any atom is -0.494 e. The number of hydrogen-bond donors (Lipinski definition) is 6. The molecule has 0 saturated carbocycles. The van der Waals surface area contributed by atoms with E-state index in [1.165, 1.54) is 0 Å². The molecule has 71 heavy (non-hydrogen) atoms. The Morgan fingerprint density at radius 3 is 2.32 bits per heavy atom. The van der Waals surface area contributed by atoms with E-state index in [0.717, 1.165) is 85.6 Å². The largest absolute Gasteiger partial charge is 0.494 e. The number of aromatic nitrogens is 4. The summed E-state index contributed by atoms with van der Waals surface area (Å²) in [4.78, 5) is 72.2. The first-order chi connectivity index (χ1) is 34.7. The fourth-order valence-corrected chi connectivity index (χ4v) is 9.28. The van der Waals surface area contributed by atoms with Gasteiger partial charge in [0, 0.05) is 71.9 Å². The molecular formula is C53H63N9O9. The molecule has 0 spiro atoms. The fraction of sp³-hybridized carbons (Fsp3) is 0.434. The Hall–Kier alpha value is -6.86. The summed E-state index contributed by atoms with van der Waals surface area (Å²) in [5.74, 6) is -0.218. The van der Waals surface area contributed by atoms with Crippen LogP contribution in [0.3, 0.4) is 0 Å². The number of aromatic amines is 1. The van der Waals surface area contributed by atoms with Gasteiger partial charge in [0.25, 0.3) is 5.91 Å². The number of ketones is 1. The van der Waals surface area contributed by atoms with Gasteiger partial charge in [-0.1, -0.05) is 36.8 Å². The van der Waals surface area contributed by atoms with Gasteiger partial charge in [-0.3, -0.25) is 39.4 Å². The van der Waals surface area contributed by atoms with Gasteiger partial charge in [-0.05, 0) is 118 Å². The number of pyridine rings is 1. The number of fused-ring (bicyclic) bond motifs is 1. The summed E-state index contributed by atoms with van der Waals surface area (Å²) in [5.41, 5.74) is 4.53. The van der Waals surface area contributed by atoms with E-state index in [0.29, 0.717) is 81.7 Å². The zero-order chi connectivity index (χ0) is 49.3. The maximum Gasteiger partial charge on any atom is 0.251 e. The van der Waals surface area contributed by atoms with Gasteiger partial charge < -0.3 is 40.2 Å². The minimum atomic E-state index is -0.558. The van der Waals surface area contributed by atoms with Crippen molar-refractivity contribution in [3.63, 3.8) is 0 Å². The van der Waals surface area contributed by atoms with Crippen LogP contribution >= 0.6 is 0 Å². The van der Waals surface area contributed by atoms with Crippen molar-refractivity contribution in [3.05, 3.63) is 119 Å². The summed E-state index contributed by atoms with van der Waals surface area (Å²) in [5, 5.41) is 23.1. The van der Waals surface area contributed by atoms with Crippen LogP contribution in [0.15, 0.2) is 91.3 Å². The highest BCUT2D eigenvalue weighted by atomic mass is 16.5. The van der Waals surface area contributed by atoms with E-state index >= 15 is 0 Å². The number of hydrogen-bond acceptors (Lipinski definition) is 14. The Balaban J connectivity index is 0.639. The minimum absolute atomic E-state index is 0.129. The number of rotatable bonds is 26. The maximum atomic E-state index is 13.4. The summed E-state index contributed by atoms with van der Waals surface area (Å²) >= 11 is 0. The fourth-order valence-electron chi connectivity index (χ4n) is 9.28. The molecule has 18 nitrogen and oxygen atoms in total. The number of imide groups is 1. The van der Waals surface area contributed by atoms with Gasteiger partial charge in [0.15, 0.2) is 17.4 Å². The van der Waals surface area contributed by atoms with Gasteiger partial charge in [-0.2, -0.15) is 5.10 Å². The molecule has 3 aliphatic rings. The van der Waals surface area contributed by atoms with Gasteiger partial charge in [-0.25, -0.2) is 4.98 Å². The molecule has 4 amide bonds. The second-order valence-corrected chi connectivity index (χ2v) is 18.1. The SMILES string of the molecule is O=C1CCC(C2Cc3c(NC(=O)CCOCCOCCOCCCCCCOc4cccc(CNC(=O)c5cccc(NC6(c7nc(-c8ccncc8)n[nH]7)CCNCC6)c5)c4)cccc3C2=O)C(=O)N1. The van der Waals surface area contributed by atoms with E-state index < -0.39 is 23.3 Å². The Kier molecular flexibility index (Phi) is 18.0. The molecule has 0 radical (unpaired) electrons. The molecule has 0 bridgehead atoms. The average Bonchev–Trinajstić information content (AvgIpc) is 4.03. The molecule has 6 N–H and O–H groups in total. The highest BCUT2D eigenvalue weighted by Crippen LogP contribution is 2.39. The third-order valence-electron chi connectivity index (χ3n) is 13.1. The third kappa shape index (κ3) is 13.9. The number of nitrogens with zero attached hydrogens (tertiary/aromatic N) is 3. The van der Waals surface area contributed by atoms with E-state index in [9.17, 15) is 24.0 Å². The third-order valence-corrected chi connectivity index (χ3v) is 13.1. The van der Waals surface area contributed by atoms with Gasteiger partial charge in [0.05, 0.1) is 51.6 Å². The summed E-state index contributed by atoms with van der Waals surface area (Å²) in [6, 6.07) is 24.3. The van der Waals surface area contributed by atoms with Gasteiger partial charge in [-0.15, -0.1) is 0 Å². The first-order valence-corrected chi connectivity index (χ1v) is 24.7. The normalized spacial score (nSPS) is 17.3. The molecule has 2 aliphatic heterocycles. The van der Waals surface area contributed by atoms with E-state index in [2.05, 4.69) is 41.8 Å². The second-order valence-electron chi connectivity index (χ2n) is 18.1. The molecule has 4 heterocycles. The van der Waals surface area contributed by atoms with Crippen LogP contribution in [0.25, 0.3) is 11.4 Å². The molecule has 374 valence electrons.